The number of ether oxygens (including phenoxy) is 1. The van der Waals surface area contributed by atoms with Crippen LogP contribution in [0.15, 0.2) is 48.5 Å². The van der Waals surface area contributed by atoms with Crippen molar-refractivity contribution in [3.05, 3.63) is 71.3 Å². The van der Waals surface area contributed by atoms with Crippen molar-refractivity contribution in [3.8, 4) is 0 Å². The smallest absolute Gasteiger partial charge is 0.164 e. The van der Waals surface area contributed by atoms with Crippen molar-refractivity contribution in [1.29, 1.82) is 0 Å². The first-order chi connectivity index (χ1) is 9.15. The maximum Gasteiger partial charge on any atom is 0.164 e. The lowest BCUT2D eigenvalue weighted by Crippen LogP contribution is -2.14. The lowest BCUT2D eigenvalue weighted by molar-refractivity contribution is -0.0168. The maximum absolute atomic E-state index is 13.7. The average molecular weight is 264 g/mol. The van der Waals surface area contributed by atoms with Crippen molar-refractivity contribution >= 4 is 0 Å². The van der Waals surface area contributed by atoms with Crippen LogP contribution in [-0.4, -0.2) is 12.2 Å². The Kier molecular flexibility index (Phi) is 4.24. The first-order valence-electron chi connectivity index (χ1n) is 5.85. The molecule has 0 radical (unpaired) electrons. The predicted octanol–water partition coefficient (Wildman–Crippen LogP) is 3.39. The molecular formula is C15H14F2O2. The Hall–Kier alpha value is -1.78. The van der Waals surface area contributed by atoms with Gasteiger partial charge in [0.05, 0.1) is 0 Å². The number of aliphatic hydroxyl groups is 1. The second kappa shape index (κ2) is 5.91. The molecule has 0 aliphatic rings. The number of aliphatic hydroxyl groups excluding tert-OH is 1. The molecule has 2 aromatic carbocycles. The number of methoxy groups -OCH3 is 1. The highest BCUT2D eigenvalue weighted by molar-refractivity contribution is 5.26. The first kappa shape index (κ1) is 13.6. The summed E-state index contributed by atoms with van der Waals surface area (Å²) in [4.78, 5) is 0. The third-order valence-electron chi connectivity index (χ3n) is 2.97. The Balaban J connectivity index is 2.36. The number of rotatable bonds is 4. The van der Waals surface area contributed by atoms with Gasteiger partial charge in [0.1, 0.15) is 12.2 Å². The molecule has 2 unspecified atom stereocenters. The number of benzene rings is 2. The monoisotopic (exact) mass is 264 g/mol. The van der Waals surface area contributed by atoms with Crippen LogP contribution < -0.4 is 0 Å². The molecule has 0 aliphatic carbocycles. The molecule has 0 heterocycles. The van der Waals surface area contributed by atoms with Crippen molar-refractivity contribution in [2.75, 3.05) is 7.11 Å². The largest absolute Gasteiger partial charge is 0.385 e. The summed E-state index contributed by atoms with van der Waals surface area (Å²) in [6.07, 6.45) is -2.03. The van der Waals surface area contributed by atoms with Crippen molar-refractivity contribution in [2.45, 2.75) is 12.2 Å². The molecule has 2 atom stereocenters. The molecule has 2 rings (SSSR count). The Morgan fingerprint density at radius 2 is 1.68 bits per heavy atom. The topological polar surface area (TPSA) is 29.5 Å². The first-order valence-corrected chi connectivity index (χ1v) is 5.85. The minimum atomic E-state index is -1.27. The van der Waals surface area contributed by atoms with Gasteiger partial charge in [0.15, 0.2) is 11.6 Å². The second-order valence-corrected chi connectivity index (χ2v) is 4.15. The number of hydrogen-bond acceptors (Lipinski definition) is 2. The molecule has 100 valence electrons. The van der Waals surface area contributed by atoms with E-state index in [2.05, 4.69) is 0 Å². The van der Waals surface area contributed by atoms with Gasteiger partial charge < -0.3 is 9.84 Å². The van der Waals surface area contributed by atoms with E-state index in [1.54, 1.807) is 24.3 Å². The average Bonchev–Trinajstić information content (AvgIpc) is 2.44. The van der Waals surface area contributed by atoms with Gasteiger partial charge in [0, 0.05) is 12.7 Å². The van der Waals surface area contributed by atoms with Gasteiger partial charge >= 0.3 is 0 Å². The van der Waals surface area contributed by atoms with Crippen LogP contribution >= 0.6 is 0 Å². The lowest BCUT2D eigenvalue weighted by Gasteiger charge is -2.22. The fourth-order valence-corrected chi connectivity index (χ4v) is 2.00. The molecule has 0 spiro atoms. The van der Waals surface area contributed by atoms with E-state index in [1.165, 1.54) is 19.2 Å². The number of halogens is 2. The van der Waals surface area contributed by atoms with E-state index in [9.17, 15) is 13.9 Å². The summed E-state index contributed by atoms with van der Waals surface area (Å²) in [6, 6.07) is 12.6. The molecule has 4 heteroatoms. The summed E-state index contributed by atoms with van der Waals surface area (Å²) in [6.45, 7) is 0. The van der Waals surface area contributed by atoms with Crippen LogP contribution in [0.25, 0.3) is 0 Å². The summed E-state index contributed by atoms with van der Waals surface area (Å²) >= 11 is 0. The van der Waals surface area contributed by atoms with Gasteiger partial charge in [-0.05, 0) is 11.6 Å². The number of hydrogen-bond donors (Lipinski definition) is 1. The zero-order chi connectivity index (χ0) is 13.8. The highest BCUT2D eigenvalue weighted by atomic mass is 19.2. The fourth-order valence-electron chi connectivity index (χ4n) is 2.00. The fraction of sp³-hybridized carbons (Fsp3) is 0.200. The Morgan fingerprint density at radius 1 is 1.00 bits per heavy atom. The molecule has 0 aromatic heterocycles. The summed E-state index contributed by atoms with van der Waals surface area (Å²) in [5.41, 5.74) is 0.580. The van der Waals surface area contributed by atoms with Crippen molar-refractivity contribution in [3.63, 3.8) is 0 Å². The highest BCUT2D eigenvalue weighted by Crippen LogP contribution is 2.33. The van der Waals surface area contributed by atoms with Crippen LogP contribution in [0.5, 0.6) is 0 Å². The second-order valence-electron chi connectivity index (χ2n) is 4.15. The van der Waals surface area contributed by atoms with Gasteiger partial charge in [-0.25, -0.2) is 8.78 Å². The molecule has 2 nitrogen and oxygen atoms in total. The normalized spacial score (nSPS) is 14.1. The molecule has 2 aromatic rings. The lowest BCUT2D eigenvalue weighted by atomic mass is 9.97. The minimum Gasteiger partial charge on any atom is -0.385 e. The van der Waals surface area contributed by atoms with Gasteiger partial charge in [-0.1, -0.05) is 42.5 Å². The van der Waals surface area contributed by atoms with Crippen molar-refractivity contribution < 1.29 is 18.6 Å². The third-order valence-corrected chi connectivity index (χ3v) is 2.97. The van der Waals surface area contributed by atoms with Gasteiger partial charge in [-0.2, -0.15) is 0 Å². The highest BCUT2D eigenvalue weighted by Gasteiger charge is 2.26. The summed E-state index contributed by atoms with van der Waals surface area (Å²) in [5, 5.41) is 10.2. The van der Waals surface area contributed by atoms with Crippen LogP contribution in [0.2, 0.25) is 0 Å². The molecule has 0 saturated heterocycles. The Bertz CT molecular complexity index is 543. The molecular weight excluding hydrogens is 250 g/mol. The third kappa shape index (κ3) is 2.80. The van der Waals surface area contributed by atoms with E-state index in [-0.39, 0.29) is 5.56 Å². The molecule has 0 saturated carbocycles. The summed E-state index contributed by atoms with van der Waals surface area (Å²) in [5.74, 6) is -2.03. The Morgan fingerprint density at radius 3 is 2.32 bits per heavy atom. The van der Waals surface area contributed by atoms with Gasteiger partial charge in [-0.3, -0.25) is 0 Å². The maximum atomic E-state index is 13.7. The summed E-state index contributed by atoms with van der Waals surface area (Å²) < 4.78 is 32.1. The van der Waals surface area contributed by atoms with Crippen LogP contribution in [0.4, 0.5) is 8.78 Å². The van der Waals surface area contributed by atoms with E-state index in [1.807, 2.05) is 6.07 Å². The molecule has 0 fully saturated rings. The van der Waals surface area contributed by atoms with Crippen molar-refractivity contribution in [1.82, 2.24) is 0 Å². The molecule has 0 amide bonds. The van der Waals surface area contributed by atoms with E-state index < -0.39 is 23.8 Å². The van der Waals surface area contributed by atoms with E-state index in [0.717, 1.165) is 6.07 Å². The Labute approximate surface area is 110 Å². The molecule has 0 aliphatic heterocycles. The van der Waals surface area contributed by atoms with Crippen LogP contribution in [0.1, 0.15) is 23.3 Å². The molecule has 1 N–H and O–H groups in total. The van der Waals surface area contributed by atoms with Crippen molar-refractivity contribution in [2.24, 2.45) is 0 Å². The molecule has 0 bridgehead atoms. The van der Waals surface area contributed by atoms with Gasteiger partial charge in [0.25, 0.3) is 0 Å². The van der Waals surface area contributed by atoms with E-state index in [0.29, 0.717) is 5.56 Å². The zero-order valence-corrected chi connectivity index (χ0v) is 10.4. The van der Waals surface area contributed by atoms with Crippen LogP contribution in [-0.2, 0) is 4.74 Å². The summed E-state index contributed by atoms with van der Waals surface area (Å²) in [7, 11) is 1.41. The quantitative estimate of drug-likeness (QED) is 0.917. The van der Waals surface area contributed by atoms with Crippen LogP contribution in [0.3, 0.4) is 0 Å². The SMILES string of the molecule is COC(c1ccccc1)C(O)c1cccc(F)c1F. The van der Waals surface area contributed by atoms with E-state index >= 15 is 0 Å². The molecule has 19 heavy (non-hydrogen) atoms. The van der Waals surface area contributed by atoms with E-state index in [4.69, 9.17) is 4.74 Å². The minimum absolute atomic E-state index is 0.115. The van der Waals surface area contributed by atoms with Crippen LogP contribution in [0, 0.1) is 11.6 Å². The zero-order valence-electron chi connectivity index (χ0n) is 10.4. The van der Waals surface area contributed by atoms with Gasteiger partial charge in [-0.15, -0.1) is 0 Å². The van der Waals surface area contributed by atoms with Gasteiger partial charge in [0.2, 0.25) is 0 Å². The standard InChI is InChI=1S/C15H14F2O2/c1-19-15(10-6-3-2-4-7-10)14(18)11-8-5-9-12(16)13(11)17/h2-9,14-15,18H,1H3. The predicted molar refractivity (Wildman–Crippen MR) is 67.5 cm³/mol.